The maximum absolute atomic E-state index is 8.92. The summed E-state index contributed by atoms with van der Waals surface area (Å²) in [6, 6.07) is 20.0. The van der Waals surface area contributed by atoms with Crippen LogP contribution in [0.1, 0.15) is 31.9 Å². The van der Waals surface area contributed by atoms with E-state index in [1.54, 1.807) is 0 Å². The molecule has 1 fully saturated rings. The molecule has 0 unspecified atom stereocenters. The Morgan fingerprint density at radius 3 is 1.85 bits per heavy atom. The van der Waals surface area contributed by atoms with E-state index in [2.05, 4.69) is 43.9 Å². The number of hydrogen-bond acceptors (Lipinski definition) is 5. The van der Waals surface area contributed by atoms with E-state index in [1.165, 1.54) is 0 Å². The van der Waals surface area contributed by atoms with Crippen LogP contribution in [0.4, 0.5) is 0 Å². The lowest BCUT2D eigenvalue weighted by Crippen LogP contribution is -2.45. The fraction of sp³-hybridized carbons (Fsp3) is 0.538. The summed E-state index contributed by atoms with van der Waals surface area (Å²) in [4.78, 5) is 2.94. The van der Waals surface area contributed by atoms with Crippen LogP contribution in [0.15, 0.2) is 65.8 Å². The van der Waals surface area contributed by atoms with Gasteiger partial charge in [-0.15, -0.1) is 0 Å². The van der Waals surface area contributed by atoms with Gasteiger partial charge in [-0.1, -0.05) is 86.5 Å². The Morgan fingerprint density at radius 1 is 0.882 bits per heavy atom. The highest BCUT2D eigenvalue weighted by molar-refractivity contribution is 6.74. The molecular formula is C26H37N3O4Si. The minimum atomic E-state index is -1.99. The van der Waals surface area contributed by atoms with Crippen LogP contribution in [0.25, 0.3) is 10.4 Å². The summed E-state index contributed by atoms with van der Waals surface area (Å²) in [6.45, 7) is 12.5. The smallest absolute Gasteiger partial charge is 0.192 e. The van der Waals surface area contributed by atoms with Crippen molar-refractivity contribution in [2.24, 2.45) is 5.11 Å². The highest BCUT2D eigenvalue weighted by atomic mass is 28.4. The molecule has 1 aliphatic rings. The molecule has 0 radical (unpaired) electrons. The van der Waals surface area contributed by atoms with Crippen molar-refractivity contribution in [3.63, 3.8) is 0 Å². The van der Waals surface area contributed by atoms with Crippen LogP contribution in [-0.2, 0) is 31.9 Å². The molecule has 1 aliphatic heterocycles. The van der Waals surface area contributed by atoms with Crippen molar-refractivity contribution in [1.29, 1.82) is 0 Å². The second-order valence-electron chi connectivity index (χ2n) is 10.2. The molecule has 0 bridgehead atoms. The molecule has 0 spiro atoms. The molecule has 184 valence electrons. The van der Waals surface area contributed by atoms with Gasteiger partial charge in [0.05, 0.1) is 32.5 Å². The molecule has 2 aromatic rings. The highest BCUT2D eigenvalue weighted by Crippen LogP contribution is 2.38. The van der Waals surface area contributed by atoms with Gasteiger partial charge in [0.15, 0.2) is 8.32 Å². The van der Waals surface area contributed by atoms with E-state index >= 15 is 0 Å². The second-order valence-corrected chi connectivity index (χ2v) is 15.0. The van der Waals surface area contributed by atoms with E-state index in [-0.39, 0.29) is 29.9 Å². The average molecular weight is 484 g/mol. The molecule has 1 heterocycles. The first kappa shape index (κ1) is 26.4. The Kier molecular flexibility index (Phi) is 9.30. The molecule has 0 aromatic heterocycles. The van der Waals surface area contributed by atoms with Crippen molar-refractivity contribution in [2.75, 3.05) is 13.2 Å². The van der Waals surface area contributed by atoms with Gasteiger partial charge in [0.1, 0.15) is 18.3 Å². The van der Waals surface area contributed by atoms with Crippen LogP contribution in [-0.4, -0.2) is 45.9 Å². The van der Waals surface area contributed by atoms with Gasteiger partial charge in [-0.05, 0) is 34.8 Å². The fourth-order valence-corrected chi connectivity index (χ4v) is 4.66. The summed E-state index contributed by atoms with van der Waals surface area (Å²) in [5.74, 6) is 0. The lowest BCUT2D eigenvalue weighted by Gasteiger charge is -2.37. The average Bonchev–Trinajstić information content (AvgIpc) is 3.15. The summed E-state index contributed by atoms with van der Waals surface area (Å²) < 4.78 is 25.6. The molecule has 0 amide bonds. The van der Waals surface area contributed by atoms with Crippen LogP contribution < -0.4 is 0 Å². The summed E-state index contributed by atoms with van der Waals surface area (Å²) in [5.41, 5.74) is 11.1. The number of rotatable bonds is 11. The Balaban J connectivity index is 1.79. The van der Waals surface area contributed by atoms with Gasteiger partial charge in [-0.2, -0.15) is 0 Å². The van der Waals surface area contributed by atoms with Crippen molar-refractivity contribution < 1.29 is 18.6 Å². The Morgan fingerprint density at radius 2 is 1.38 bits per heavy atom. The standard InChI is InChI=1S/C26H37N3O4Si/c1-26(2,3)34(4,5)32-19-23-25(31-18-21-14-10-7-11-15-21)24(22(33-23)16-28-29-27)30-17-20-12-8-6-9-13-20/h6-15,22-25H,16-19H2,1-5H3/t22-,23+,24-,25-/m1/s1. The number of nitrogens with zero attached hydrogens (tertiary/aromatic N) is 3. The van der Waals surface area contributed by atoms with Gasteiger partial charge >= 0.3 is 0 Å². The minimum absolute atomic E-state index is 0.0830. The molecule has 34 heavy (non-hydrogen) atoms. The number of azide groups is 1. The summed E-state index contributed by atoms with van der Waals surface area (Å²) in [7, 11) is -1.99. The van der Waals surface area contributed by atoms with Crippen LogP contribution in [0.3, 0.4) is 0 Å². The van der Waals surface area contributed by atoms with Gasteiger partial charge in [0, 0.05) is 4.91 Å². The SMILES string of the molecule is CC(C)(C)[Si](C)(C)OC[C@@H]1O[C@H](CN=[N+]=[N-])[C@@H](OCc2ccccc2)[C@@H]1OCc1ccccc1. The van der Waals surface area contributed by atoms with Crippen LogP contribution >= 0.6 is 0 Å². The third kappa shape index (κ3) is 7.15. The number of hydrogen-bond donors (Lipinski definition) is 0. The first-order valence-electron chi connectivity index (χ1n) is 11.8. The van der Waals surface area contributed by atoms with Crippen molar-refractivity contribution in [2.45, 2.75) is 76.5 Å². The van der Waals surface area contributed by atoms with E-state index in [9.17, 15) is 0 Å². The Bertz CT molecular complexity index is 930. The van der Waals surface area contributed by atoms with Gasteiger partial charge in [-0.25, -0.2) is 0 Å². The molecule has 0 aliphatic carbocycles. The molecule has 8 heteroatoms. The molecule has 2 aromatic carbocycles. The first-order valence-corrected chi connectivity index (χ1v) is 14.7. The van der Waals surface area contributed by atoms with E-state index in [1.807, 2.05) is 60.7 Å². The largest absolute Gasteiger partial charge is 0.414 e. The van der Waals surface area contributed by atoms with E-state index in [4.69, 9.17) is 24.2 Å². The van der Waals surface area contributed by atoms with Gasteiger partial charge in [0.25, 0.3) is 0 Å². The quantitative estimate of drug-likeness (QED) is 0.163. The summed E-state index contributed by atoms with van der Waals surface area (Å²) in [5, 5.41) is 3.87. The fourth-order valence-electron chi connectivity index (χ4n) is 3.65. The summed E-state index contributed by atoms with van der Waals surface area (Å²) in [6.07, 6.45) is -1.47. The van der Waals surface area contributed by atoms with Crippen LogP contribution in [0, 0.1) is 0 Å². The highest BCUT2D eigenvalue weighted by Gasteiger charge is 2.47. The maximum Gasteiger partial charge on any atom is 0.192 e. The Hall–Kier alpha value is -2.19. The Labute approximate surface area is 204 Å². The predicted molar refractivity (Wildman–Crippen MR) is 136 cm³/mol. The molecule has 0 N–H and O–H groups in total. The van der Waals surface area contributed by atoms with E-state index in [0.717, 1.165) is 11.1 Å². The molecule has 0 saturated carbocycles. The van der Waals surface area contributed by atoms with Crippen molar-refractivity contribution >= 4 is 8.32 Å². The predicted octanol–water partition coefficient (Wildman–Crippen LogP) is 6.26. The minimum Gasteiger partial charge on any atom is -0.414 e. The molecule has 4 atom stereocenters. The summed E-state index contributed by atoms with van der Waals surface area (Å²) >= 11 is 0. The third-order valence-electron chi connectivity index (χ3n) is 6.72. The van der Waals surface area contributed by atoms with Crippen LogP contribution in [0.5, 0.6) is 0 Å². The number of benzene rings is 2. The van der Waals surface area contributed by atoms with Crippen molar-refractivity contribution in [3.8, 4) is 0 Å². The monoisotopic (exact) mass is 483 g/mol. The normalized spacial score (nSPS) is 23.0. The van der Waals surface area contributed by atoms with E-state index < -0.39 is 14.4 Å². The zero-order valence-electron chi connectivity index (χ0n) is 20.9. The molecule has 7 nitrogen and oxygen atoms in total. The molecular weight excluding hydrogens is 446 g/mol. The van der Waals surface area contributed by atoms with Crippen LogP contribution in [0.2, 0.25) is 18.1 Å². The zero-order valence-corrected chi connectivity index (χ0v) is 21.9. The van der Waals surface area contributed by atoms with Crippen molar-refractivity contribution in [3.05, 3.63) is 82.2 Å². The zero-order chi connectivity index (χ0) is 24.6. The second kappa shape index (κ2) is 12.0. The third-order valence-corrected chi connectivity index (χ3v) is 11.2. The lowest BCUT2D eigenvalue weighted by atomic mass is 10.1. The van der Waals surface area contributed by atoms with E-state index in [0.29, 0.717) is 19.8 Å². The van der Waals surface area contributed by atoms with Gasteiger partial charge < -0.3 is 18.6 Å². The van der Waals surface area contributed by atoms with Crippen molar-refractivity contribution in [1.82, 2.24) is 0 Å². The maximum atomic E-state index is 8.92. The van der Waals surface area contributed by atoms with Gasteiger partial charge in [0.2, 0.25) is 0 Å². The molecule has 3 rings (SSSR count). The topological polar surface area (TPSA) is 85.7 Å². The number of ether oxygens (including phenoxy) is 3. The lowest BCUT2D eigenvalue weighted by molar-refractivity contribution is -0.0823. The molecule has 1 saturated heterocycles. The first-order chi connectivity index (χ1) is 16.2. The van der Waals surface area contributed by atoms with Gasteiger partial charge in [-0.3, -0.25) is 0 Å².